The summed E-state index contributed by atoms with van der Waals surface area (Å²) in [5, 5.41) is 0. The molecule has 0 nitrogen and oxygen atoms in total. The Morgan fingerprint density at radius 2 is 0.138 bits per heavy atom. The van der Waals surface area contributed by atoms with Crippen molar-refractivity contribution in [3.8, 4) is 551 Å². The molecule has 0 spiro atoms. The molecule has 0 amide bonds. The van der Waals surface area contributed by atoms with E-state index < -0.39 is 0 Å². The number of hydrogen-bond acceptors (Lipinski definition) is 0. The Bertz CT molecular complexity index is 6180. The van der Waals surface area contributed by atoms with E-state index >= 15 is 0 Å². The Hall–Kier alpha value is -20.7. The molecule has 0 heteroatoms. The zero-order valence-electron chi connectivity index (χ0n) is 47.1. The highest BCUT2D eigenvalue weighted by atomic mass is 13.7. The normalized spacial score (nSPS) is 3.94. The van der Waals surface area contributed by atoms with E-state index in [1.54, 1.807) is 0 Å². The van der Waals surface area contributed by atoms with Crippen LogP contribution in [0.1, 0.15) is 0 Å². The Balaban J connectivity index is 4.63. The lowest BCUT2D eigenvalue weighted by Gasteiger charge is -1.63. The monoisotopic (exact) mass is 1130 g/mol. The summed E-state index contributed by atoms with van der Waals surface area (Å²) >= 11 is 0. The van der Waals surface area contributed by atoms with Crippen molar-refractivity contribution in [2.45, 2.75) is 0 Å². The summed E-state index contributed by atoms with van der Waals surface area (Å²) in [7, 11) is 0. The van der Waals surface area contributed by atoms with Crippen molar-refractivity contribution in [3.63, 3.8) is 0 Å². The first kappa shape index (κ1) is 73.3. The maximum absolute atomic E-state index is 6.59. The first-order chi connectivity index (χ1) is 46.9. The van der Waals surface area contributed by atoms with E-state index in [0.717, 1.165) is 0 Å². The molecule has 0 heterocycles. The van der Waals surface area contributed by atoms with Crippen LogP contribution in [0.3, 0.4) is 0 Å². The fraction of sp³-hybridized carbons (Fsp3) is 0. The van der Waals surface area contributed by atoms with Gasteiger partial charge in [0.15, 0.2) is 0 Å². The van der Waals surface area contributed by atoms with Gasteiger partial charge in [-0.15, -0.1) is 12.3 Å². The minimum Gasteiger partial charge on any atom is -0.358 e. The fourth-order valence-corrected chi connectivity index (χ4v) is 2.82. The second kappa shape index (κ2) is 72.3. The Morgan fingerprint density at radius 1 is 0.0851 bits per heavy atom. The van der Waals surface area contributed by atoms with Crippen molar-refractivity contribution < 1.29 is 0 Å². The third-order valence-electron chi connectivity index (χ3n) is 5.70. The molecule has 0 rings (SSSR count). The summed E-state index contributed by atoms with van der Waals surface area (Å²) in [5.74, 6) is 227. The first-order valence-corrected chi connectivity index (χ1v) is 23.3. The van der Waals surface area contributed by atoms with Gasteiger partial charge in [-0.25, -0.2) is 5.92 Å². The molecule has 0 aliphatic heterocycles. The van der Waals surface area contributed by atoms with E-state index in [9.17, 15) is 0 Å². The van der Waals surface area contributed by atoms with E-state index in [2.05, 4.69) is 539 Å². The average Bonchev–Trinajstić information content (AvgIpc) is 3.59. The van der Waals surface area contributed by atoms with Crippen LogP contribution in [0, 0.1) is 558 Å². The minimum atomic E-state index is 1.87. The van der Waals surface area contributed by atoms with Gasteiger partial charge in [0.1, 0.15) is 0 Å². The Morgan fingerprint density at radius 3 is 0.191 bits per heavy atom. The summed E-state index contributed by atoms with van der Waals surface area (Å²) in [6.45, 7) is 0. The van der Waals surface area contributed by atoms with E-state index in [0.29, 0.717) is 0 Å². The molecule has 0 aromatic heterocycles. The van der Waals surface area contributed by atoms with Crippen LogP contribution in [0.2, 0.25) is 0 Å². The highest BCUT2D eigenvalue weighted by molar-refractivity contribution is 5.55. The van der Waals surface area contributed by atoms with Gasteiger partial charge in [0.25, 0.3) is 0 Å². The maximum atomic E-state index is 6.59. The van der Waals surface area contributed by atoms with Gasteiger partial charge in [0.2, 0.25) is 0 Å². The lowest BCUT2D eigenvalue weighted by atomic mass is 10.4. The molecule has 0 aromatic carbocycles. The Kier molecular flexibility index (Phi) is 56.4. The second-order valence-corrected chi connectivity index (χ2v) is 11.5. The van der Waals surface area contributed by atoms with Gasteiger partial charge in [0.05, 0.1) is 0 Å². The summed E-state index contributed by atoms with van der Waals surface area (Å²) in [6.07, 6.45) is 11.5. The highest BCUT2D eigenvalue weighted by Crippen LogP contribution is 1.67. The van der Waals surface area contributed by atoms with Crippen LogP contribution in [0.15, 0.2) is 0 Å². The maximum Gasteiger partial charge on any atom is 0 e. The molecule has 0 atom stereocenters. The van der Waals surface area contributed by atoms with Gasteiger partial charge in [-0.2, -0.15) is 0 Å². The zero-order chi connectivity index (χ0) is 67.1. The molecule has 0 N–H and O–H groups in total. The molecular weight excluding hydrogens is 1130 g/mol. The third kappa shape index (κ3) is 71.3. The fourth-order valence-electron chi connectivity index (χ4n) is 2.82. The van der Waals surface area contributed by atoms with Crippen LogP contribution >= 0.6 is 0 Å². The van der Waals surface area contributed by atoms with Gasteiger partial charge in [0, 0.05) is 432 Å². The average molecular weight is 1130 g/mol. The van der Waals surface area contributed by atoms with E-state index in [4.69, 9.17) is 12.8 Å². The lowest BCUT2D eigenvalue weighted by molar-refractivity contribution is 2.31. The van der Waals surface area contributed by atoms with Crippen molar-refractivity contribution in [1.82, 2.24) is 0 Å². The second-order valence-electron chi connectivity index (χ2n) is 11.5. The van der Waals surface area contributed by atoms with E-state index in [1.165, 1.54) is 0 Å². The molecule has 0 radical (unpaired) electrons. The smallest absolute Gasteiger partial charge is 0 e. The van der Waals surface area contributed by atoms with Gasteiger partial charge in [-0.3, -0.25) is 5.92 Å². The standard InChI is InChI=1S/C94H/c1-3-5-7-9-11-13-15-17-19-21-23-25-27-29-31-33-35-37-39-41-43-45-47-49-51-53-55-57-59-61-63-65-67-69-71-73-75-77-79-81-83-85-87-89-91-93-94-92-90-88-86-84-82-80-78-76-74-72-70-68-66-64-62-60-58-56-54-52-50-48-46-44-42-40-38-36-34-32-30-28-26-24-22-20-18-16-14-12-10-8-6-4-2/h1H/q-1. The summed E-state index contributed by atoms with van der Waals surface area (Å²) in [6, 6.07) is 0. The van der Waals surface area contributed by atoms with Crippen molar-refractivity contribution in [1.29, 1.82) is 0 Å². The molecule has 94 heavy (non-hydrogen) atoms. The van der Waals surface area contributed by atoms with Crippen molar-refractivity contribution in [2.24, 2.45) is 0 Å². The summed E-state index contributed by atoms with van der Waals surface area (Å²) in [5.41, 5.74) is 0. The molecule has 0 unspecified atom stereocenters. The summed E-state index contributed by atoms with van der Waals surface area (Å²) in [4.78, 5) is 0. The largest absolute Gasteiger partial charge is 0.358 e. The summed E-state index contributed by atoms with van der Waals surface area (Å²) < 4.78 is 0. The highest BCUT2D eigenvalue weighted by Gasteiger charge is 1.66. The Labute approximate surface area is 554 Å². The molecule has 0 saturated carbocycles. The molecule has 0 aliphatic carbocycles. The molecular formula is C94H-. The van der Waals surface area contributed by atoms with Crippen molar-refractivity contribution in [2.75, 3.05) is 0 Å². The molecule has 0 aromatic rings. The molecule has 0 saturated heterocycles. The van der Waals surface area contributed by atoms with Crippen LogP contribution in [0.25, 0.3) is 0 Å². The van der Waals surface area contributed by atoms with Crippen LogP contribution in [0.5, 0.6) is 0 Å². The third-order valence-corrected chi connectivity index (χ3v) is 5.70. The number of terminal acetylenes is 1. The van der Waals surface area contributed by atoms with Gasteiger partial charge in [-0.1, -0.05) is 0 Å². The zero-order valence-corrected chi connectivity index (χ0v) is 47.1. The topological polar surface area (TPSA) is 0 Å². The molecule has 0 fully saturated rings. The SMILES string of the molecule is [C-]#CC#CC#CC#CC#CC#CC#CC#CC#CC#CC#CC#CC#CC#CC#CC#CC#CC#CC#CC#CC#CC#CC#CC#CC#CC#CC#CC#CC#CC#CC#CC#CC#CC#CC#CC#CC#CC#CC#CC#CC#CC#CC#CC#CC#CC#CC#C. The molecule has 0 aliphatic rings. The van der Waals surface area contributed by atoms with E-state index in [-0.39, 0.29) is 0 Å². The first-order valence-electron chi connectivity index (χ1n) is 23.3. The molecule has 0 bridgehead atoms. The number of rotatable bonds is 0. The van der Waals surface area contributed by atoms with Crippen molar-refractivity contribution >= 4 is 0 Å². The number of hydrogen-bond donors (Lipinski definition) is 0. The van der Waals surface area contributed by atoms with Crippen LogP contribution < -0.4 is 0 Å². The lowest BCUT2D eigenvalue weighted by Crippen LogP contribution is -1.57. The van der Waals surface area contributed by atoms with Gasteiger partial charge in [-0.05, 0) is 94.7 Å². The van der Waals surface area contributed by atoms with Crippen LogP contribution in [-0.2, 0) is 0 Å². The predicted molar refractivity (Wildman–Crippen MR) is 366 cm³/mol. The van der Waals surface area contributed by atoms with Crippen LogP contribution in [-0.4, -0.2) is 0 Å². The van der Waals surface area contributed by atoms with Gasteiger partial charge < -0.3 is 6.42 Å². The predicted octanol–water partition coefficient (Wildman–Crippen LogP) is 0.362. The van der Waals surface area contributed by atoms with Crippen LogP contribution in [0.4, 0.5) is 0 Å². The molecule has 378 valence electrons. The van der Waals surface area contributed by atoms with E-state index in [1.807, 2.05) is 5.92 Å². The van der Waals surface area contributed by atoms with Crippen molar-refractivity contribution in [3.05, 3.63) is 6.42 Å². The minimum absolute atomic E-state index is 1.87. The quantitative estimate of drug-likeness (QED) is 0.244. The van der Waals surface area contributed by atoms with Gasteiger partial charge >= 0.3 is 0 Å².